The first kappa shape index (κ1) is 30.6. The van der Waals surface area contributed by atoms with Gasteiger partial charge in [-0.25, -0.2) is 9.78 Å². The van der Waals surface area contributed by atoms with Crippen molar-refractivity contribution in [3.63, 3.8) is 0 Å². The topological polar surface area (TPSA) is 97.8 Å². The van der Waals surface area contributed by atoms with Crippen molar-refractivity contribution < 1.29 is 24.2 Å². The van der Waals surface area contributed by atoms with Crippen LogP contribution in [0.4, 0.5) is 5.13 Å². The number of aromatic nitrogens is 1. The Morgan fingerprint density at radius 1 is 1.15 bits per heavy atom. The number of thiazole rings is 1. The van der Waals surface area contributed by atoms with Gasteiger partial charge in [-0.05, 0) is 55.0 Å². The van der Waals surface area contributed by atoms with E-state index in [-0.39, 0.29) is 26.6 Å². The first-order valence-electron chi connectivity index (χ1n) is 12.3. The lowest BCUT2D eigenvalue weighted by molar-refractivity contribution is -0.132. The number of halogens is 2. The molecule has 0 aliphatic rings. The van der Waals surface area contributed by atoms with Gasteiger partial charge in [-0.3, -0.25) is 10.1 Å². The molecule has 0 fully saturated rings. The van der Waals surface area contributed by atoms with Gasteiger partial charge in [-0.1, -0.05) is 73.5 Å². The van der Waals surface area contributed by atoms with Crippen molar-refractivity contribution in [3.05, 3.63) is 68.7 Å². The zero-order valence-electron chi connectivity index (χ0n) is 22.6. The Morgan fingerprint density at radius 3 is 2.46 bits per heavy atom. The number of anilines is 1. The van der Waals surface area contributed by atoms with E-state index in [9.17, 15) is 9.59 Å². The molecule has 1 amide bonds. The Morgan fingerprint density at radius 2 is 1.85 bits per heavy atom. The molecule has 0 aliphatic carbocycles. The second-order valence-corrected chi connectivity index (χ2v) is 12.0. The van der Waals surface area contributed by atoms with E-state index in [0.717, 1.165) is 30.6 Å². The van der Waals surface area contributed by atoms with Crippen LogP contribution in [0.1, 0.15) is 55.6 Å². The van der Waals surface area contributed by atoms with Crippen molar-refractivity contribution in [3.8, 4) is 16.3 Å². The molecule has 1 heterocycles. The minimum Gasteiger partial charge on any atom is -0.486 e. The molecule has 0 aliphatic heterocycles. The van der Waals surface area contributed by atoms with Gasteiger partial charge in [0.1, 0.15) is 5.69 Å². The number of rotatable bonds is 11. The highest BCUT2D eigenvalue weighted by atomic mass is 35.5. The molecule has 0 unspecified atom stereocenters. The van der Waals surface area contributed by atoms with Gasteiger partial charge in [-0.2, -0.15) is 0 Å². The standard InChI is InChI=1S/C29H32Cl2N2O5S/c1-17(26(35)36)12-21-22(30)14-20(15-23(21)31)25(34)33-28-32-24(27(37-5)39-28)19-10-6-8-18(13-19)9-7-11-38-16-29(2,3)4/h6,8,10,12-15H,7,9,11,16H2,1-5H3,(H,35,36)(H,32,33,34)/b17-12+. The molecule has 0 saturated carbocycles. The third-order valence-corrected chi connectivity index (χ3v) is 7.09. The number of carboxylic acids is 1. The maximum Gasteiger partial charge on any atom is 0.331 e. The number of hydrogen-bond donors (Lipinski definition) is 2. The van der Waals surface area contributed by atoms with E-state index in [4.69, 9.17) is 37.8 Å². The van der Waals surface area contributed by atoms with Gasteiger partial charge in [0.25, 0.3) is 5.91 Å². The Kier molecular flexibility index (Phi) is 10.6. The highest BCUT2D eigenvalue weighted by molar-refractivity contribution is 7.18. The van der Waals surface area contributed by atoms with Crippen molar-refractivity contribution >= 4 is 57.6 Å². The first-order chi connectivity index (χ1) is 18.4. The van der Waals surface area contributed by atoms with Gasteiger partial charge < -0.3 is 14.6 Å². The van der Waals surface area contributed by atoms with E-state index in [1.165, 1.54) is 36.5 Å². The number of carboxylic acid groups (broad SMARTS) is 1. The van der Waals surface area contributed by atoms with Crippen LogP contribution in [0.3, 0.4) is 0 Å². The second-order valence-electron chi connectivity index (χ2n) is 10.2. The number of amides is 1. The predicted octanol–water partition coefficient (Wildman–Crippen LogP) is 7.86. The van der Waals surface area contributed by atoms with Crippen LogP contribution >= 0.6 is 34.5 Å². The van der Waals surface area contributed by atoms with Crippen LogP contribution < -0.4 is 10.1 Å². The Balaban J connectivity index is 1.74. The summed E-state index contributed by atoms with van der Waals surface area (Å²) in [5.74, 6) is -1.55. The van der Waals surface area contributed by atoms with Crippen LogP contribution in [-0.4, -0.2) is 42.3 Å². The number of aliphatic carboxylic acids is 1. The second kappa shape index (κ2) is 13.4. The average molecular weight is 592 g/mol. The smallest absolute Gasteiger partial charge is 0.331 e. The van der Waals surface area contributed by atoms with Gasteiger partial charge in [0, 0.05) is 28.9 Å². The van der Waals surface area contributed by atoms with Crippen LogP contribution in [0.5, 0.6) is 5.06 Å². The minimum atomic E-state index is -1.09. The van der Waals surface area contributed by atoms with E-state index < -0.39 is 11.9 Å². The van der Waals surface area contributed by atoms with Crippen molar-refractivity contribution in [1.82, 2.24) is 4.98 Å². The number of carbonyl (C=O) groups is 2. The summed E-state index contributed by atoms with van der Waals surface area (Å²) in [4.78, 5) is 28.7. The number of methoxy groups -OCH3 is 1. The van der Waals surface area contributed by atoms with Crippen LogP contribution in [0.2, 0.25) is 10.0 Å². The van der Waals surface area contributed by atoms with Crippen molar-refractivity contribution in [1.29, 1.82) is 0 Å². The maximum atomic E-state index is 13.0. The summed E-state index contributed by atoms with van der Waals surface area (Å²) >= 11 is 13.8. The quantitative estimate of drug-likeness (QED) is 0.174. The third kappa shape index (κ3) is 8.80. The molecule has 10 heteroatoms. The summed E-state index contributed by atoms with van der Waals surface area (Å²) in [5.41, 5.74) is 3.42. The number of benzene rings is 2. The molecule has 0 spiro atoms. The minimum absolute atomic E-state index is 0.0661. The third-order valence-electron chi connectivity index (χ3n) is 5.53. The lowest BCUT2D eigenvalue weighted by atomic mass is 9.99. The fourth-order valence-electron chi connectivity index (χ4n) is 3.61. The van der Waals surface area contributed by atoms with Gasteiger partial charge >= 0.3 is 5.97 Å². The van der Waals surface area contributed by atoms with E-state index in [1.807, 2.05) is 12.1 Å². The molecule has 208 valence electrons. The number of ether oxygens (including phenoxy) is 2. The molecule has 1 aromatic heterocycles. The lowest BCUT2D eigenvalue weighted by Gasteiger charge is -2.17. The number of nitrogens with zero attached hydrogens (tertiary/aromatic N) is 1. The van der Waals surface area contributed by atoms with E-state index in [2.05, 4.69) is 43.2 Å². The fraction of sp³-hybridized carbons (Fsp3) is 0.345. The van der Waals surface area contributed by atoms with Crippen molar-refractivity contribution in [2.75, 3.05) is 25.6 Å². The van der Waals surface area contributed by atoms with Crippen LogP contribution in [0.25, 0.3) is 17.3 Å². The molecule has 7 nitrogen and oxygen atoms in total. The summed E-state index contributed by atoms with van der Waals surface area (Å²) in [5, 5.41) is 13.1. The molecular weight excluding hydrogens is 559 g/mol. The van der Waals surface area contributed by atoms with E-state index in [0.29, 0.717) is 28.1 Å². The average Bonchev–Trinajstić information content (AvgIpc) is 3.28. The van der Waals surface area contributed by atoms with Crippen LogP contribution in [0.15, 0.2) is 42.0 Å². The van der Waals surface area contributed by atoms with Crippen molar-refractivity contribution in [2.24, 2.45) is 5.41 Å². The molecule has 0 atom stereocenters. The molecule has 0 radical (unpaired) electrons. The van der Waals surface area contributed by atoms with Gasteiger partial charge in [0.15, 0.2) is 5.13 Å². The number of hydrogen-bond acceptors (Lipinski definition) is 6. The molecule has 2 N–H and O–H groups in total. The summed E-state index contributed by atoms with van der Waals surface area (Å²) in [7, 11) is 1.56. The van der Waals surface area contributed by atoms with E-state index in [1.54, 1.807) is 7.11 Å². The molecule has 0 bridgehead atoms. The SMILES string of the molecule is COc1sc(NC(=O)c2cc(Cl)c(/C=C(\C)C(=O)O)c(Cl)c2)nc1-c1cccc(CCCOCC(C)(C)C)c1. The molecule has 0 saturated heterocycles. The highest BCUT2D eigenvalue weighted by Gasteiger charge is 2.19. The largest absolute Gasteiger partial charge is 0.486 e. The van der Waals surface area contributed by atoms with Gasteiger partial charge in [0.05, 0.1) is 23.8 Å². The predicted molar refractivity (Wildman–Crippen MR) is 158 cm³/mol. The highest BCUT2D eigenvalue weighted by Crippen LogP contribution is 2.38. The summed E-state index contributed by atoms with van der Waals surface area (Å²) < 4.78 is 11.3. The van der Waals surface area contributed by atoms with Crippen molar-refractivity contribution in [2.45, 2.75) is 40.5 Å². The number of carbonyl (C=O) groups excluding carboxylic acids is 1. The molecule has 39 heavy (non-hydrogen) atoms. The number of aryl methyl sites for hydroxylation is 1. The Labute approximate surface area is 242 Å². The normalized spacial score (nSPS) is 11.9. The molecular formula is C29H32Cl2N2O5S. The van der Waals surface area contributed by atoms with Gasteiger partial charge in [0.2, 0.25) is 5.06 Å². The van der Waals surface area contributed by atoms with Gasteiger partial charge in [-0.15, -0.1) is 0 Å². The zero-order valence-corrected chi connectivity index (χ0v) is 24.9. The molecule has 3 aromatic rings. The number of nitrogens with one attached hydrogen (secondary N) is 1. The fourth-order valence-corrected chi connectivity index (χ4v) is 5.01. The summed E-state index contributed by atoms with van der Waals surface area (Å²) in [6.45, 7) is 9.30. The Hall–Kier alpha value is -2.91. The van der Waals surface area contributed by atoms with Crippen LogP contribution in [0, 0.1) is 5.41 Å². The lowest BCUT2D eigenvalue weighted by Crippen LogP contribution is -2.15. The van der Waals surface area contributed by atoms with Crippen LogP contribution in [-0.2, 0) is 16.0 Å². The summed E-state index contributed by atoms with van der Waals surface area (Å²) in [6, 6.07) is 10.9. The Bertz CT molecular complexity index is 1360. The zero-order chi connectivity index (χ0) is 28.7. The molecule has 2 aromatic carbocycles. The monoisotopic (exact) mass is 590 g/mol. The first-order valence-corrected chi connectivity index (χ1v) is 13.9. The van der Waals surface area contributed by atoms with E-state index >= 15 is 0 Å². The molecule has 3 rings (SSSR count). The maximum absolute atomic E-state index is 13.0. The summed E-state index contributed by atoms with van der Waals surface area (Å²) in [6.07, 6.45) is 3.14.